The van der Waals surface area contributed by atoms with Gasteiger partial charge in [0.2, 0.25) is 0 Å². The van der Waals surface area contributed by atoms with Crippen molar-refractivity contribution >= 4 is 0 Å². The van der Waals surface area contributed by atoms with Crippen molar-refractivity contribution in [2.24, 2.45) is 5.92 Å². The molecule has 0 radical (unpaired) electrons. The minimum absolute atomic E-state index is 0.664. The number of aryl methyl sites for hydroxylation is 1. The van der Waals surface area contributed by atoms with Gasteiger partial charge in [0.05, 0.1) is 6.61 Å². The monoisotopic (exact) mass is 246 g/mol. The van der Waals surface area contributed by atoms with Crippen LogP contribution in [0.25, 0.3) is 0 Å². The summed E-state index contributed by atoms with van der Waals surface area (Å²) in [5, 5.41) is 0. The number of fused-ring (bicyclic) bond motifs is 1. The van der Waals surface area contributed by atoms with Gasteiger partial charge in [0.1, 0.15) is 5.75 Å². The van der Waals surface area contributed by atoms with E-state index in [1.165, 1.54) is 56.1 Å². The third-order valence-corrected chi connectivity index (χ3v) is 3.79. The van der Waals surface area contributed by atoms with Gasteiger partial charge in [-0.15, -0.1) is 0 Å². The number of hydrogen-bond acceptors (Lipinski definition) is 1. The predicted molar refractivity (Wildman–Crippen MR) is 77.3 cm³/mol. The fourth-order valence-corrected chi connectivity index (χ4v) is 2.66. The zero-order valence-corrected chi connectivity index (χ0v) is 11.9. The molecule has 100 valence electrons. The van der Waals surface area contributed by atoms with E-state index in [1.807, 2.05) is 0 Å². The molecule has 1 aliphatic rings. The molecule has 2 rings (SSSR count). The minimum atomic E-state index is 0.664. The van der Waals surface area contributed by atoms with Crippen molar-refractivity contribution in [2.45, 2.75) is 58.8 Å². The van der Waals surface area contributed by atoms with Crippen LogP contribution >= 0.6 is 0 Å². The van der Waals surface area contributed by atoms with Crippen molar-refractivity contribution in [3.63, 3.8) is 0 Å². The van der Waals surface area contributed by atoms with Crippen molar-refractivity contribution in [2.75, 3.05) is 6.61 Å². The Morgan fingerprint density at radius 3 is 2.83 bits per heavy atom. The summed E-state index contributed by atoms with van der Waals surface area (Å²) in [6.45, 7) is 5.40. The summed E-state index contributed by atoms with van der Waals surface area (Å²) >= 11 is 0. The lowest BCUT2D eigenvalue weighted by atomic mass is 9.96. The highest BCUT2D eigenvalue weighted by Gasteiger charge is 2.16. The van der Waals surface area contributed by atoms with Crippen LogP contribution in [0.2, 0.25) is 0 Å². The average molecular weight is 246 g/mol. The highest BCUT2D eigenvalue weighted by atomic mass is 16.5. The van der Waals surface area contributed by atoms with E-state index < -0.39 is 0 Å². The van der Waals surface area contributed by atoms with Gasteiger partial charge >= 0.3 is 0 Å². The van der Waals surface area contributed by atoms with Gasteiger partial charge in [-0.3, -0.25) is 0 Å². The molecule has 18 heavy (non-hydrogen) atoms. The largest absolute Gasteiger partial charge is 0.493 e. The summed E-state index contributed by atoms with van der Waals surface area (Å²) in [6.07, 6.45) is 9.14. The summed E-state index contributed by atoms with van der Waals surface area (Å²) in [6, 6.07) is 6.83. The molecule has 1 heterocycles. The van der Waals surface area contributed by atoms with Crippen LogP contribution in [0.1, 0.15) is 57.1 Å². The summed E-state index contributed by atoms with van der Waals surface area (Å²) < 4.78 is 5.82. The quantitative estimate of drug-likeness (QED) is 0.657. The Kier molecular flexibility index (Phi) is 5.10. The highest BCUT2D eigenvalue weighted by molar-refractivity contribution is 5.39. The predicted octanol–water partition coefficient (Wildman–Crippen LogP) is 4.77. The molecule has 0 amide bonds. The van der Waals surface area contributed by atoms with Gasteiger partial charge in [-0.05, 0) is 42.4 Å². The van der Waals surface area contributed by atoms with Crippen LogP contribution in [0.5, 0.6) is 5.75 Å². The first-order valence-corrected chi connectivity index (χ1v) is 7.54. The van der Waals surface area contributed by atoms with Gasteiger partial charge in [0.25, 0.3) is 0 Å². The van der Waals surface area contributed by atoms with Crippen molar-refractivity contribution in [1.29, 1.82) is 0 Å². The molecule has 1 unspecified atom stereocenters. The van der Waals surface area contributed by atoms with E-state index in [0.29, 0.717) is 5.92 Å². The number of rotatable bonds is 6. The second-order valence-electron chi connectivity index (χ2n) is 5.73. The van der Waals surface area contributed by atoms with Crippen molar-refractivity contribution in [1.82, 2.24) is 0 Å². The fourth-order valence-electron chi connectivity index (χ4n) is 2.66. The maximum absolute atomic E-state index is 5.82. The molecule has 1 heteroatoms. The lowest BCUT2D eigenvalue weighted by molar-refractivity contribution is 0.233. The van der Waals surface area contributed by atoms with E-state index in [1.54, 1.807) is 0 Å². The second-order valence-corrected chi connectivity index (χ2v) is 5.73. The van der Waals surface area contributed by atoms with Gasteiger partial charge in [-0.1, -0.05) is 51.7 Å². The van der Waals surface area contributed by atoms with Crippen LogP contribution in [0.15, 0.2) is 18.2 Å². The molecule has 0 aliphatic carbocycles. The van der Waals surface area contributed by atoms with Crippen LogP contribution < -0.4 is 4.74 Å². The summed E-state index contributed by atoms with van der Waals surface area (Å²) in [4.78, 5) is 0. The maximum Gasteiger partial charge on any atom is 0.122 e. The van der Waals surface area contributed by atoms with Crippen LogP contribution in [-0.4, -0.2) is 6.61 Å². The third-order valence-electron chi connectivity index (χ3n) is 3.79. The molecular weight excluding hydrogens is 220 g/mol. The van der Waals surface area contributed by atoms with Crippen LogP contribution in [0.4, 0.5) is 0 Å². The van der Waals surface area contributed by atoms with Gasteiger partial charge in [-0.25, -0.2) is 0 Å². The number of benzene rings is 1. The first-order chi connectivity index (χ1) is 8.79. The Morgan fingerprint density at radius 1 is 1.17 bits per heavy atom. The molecule has 1 atom stereocenters. The Bertz CT molecular complexity index is 370. The molecule has 0 spiro atoms. The van der Waals surface area contributed by atoms with Gasteiger partial charge in [-0.2, -0.15) is 0 Å². The van der Waals surface area contributed by atoms with Crippen LogP contribution in [0, 0.1) is 5.92 Å². The van der Waals surface area contributed by atoms with Gasteiger partial charge in [0.15, 0.2) is 0 Å². The molecule has 0 aromatic heterocycles. The van der Waals surface area contributed by atoms with Crippen molar-refractivity contribution in [3.8, 4) is 5.75 Å². The molecule has 1 aromatic carbocycles. The normalized spacial score (nSPS) is 18.2. The molecule has 0 bridgehead atoms. The number of hydrogen-bond donors (Lipinski definition) is 0. The Labute approximate surface area is 112 Å². The molecular formula is C17H26O. The highest BCUT2D eigenvalue weighted by Crippen LogP contribution is 2.28. The zero-order valence-electron chi connectivity index (χ0n) is 11.9. The van der Waals surface area contributed by atoms with E-state index in [-0.39, 0.29) is 0 Å². The molecule has 0 fully saturated rings. The van der Waals surface area contributed by atoms with Gasteiger partial charge in [0, 0.05) is 0 Å². The smallest absolute Gasteiger partial charge is 0.122 e. The summed E-state index contributed by atoms with van der Waals surface area (Å²) in [5.74, 6) is 1.80. The van der Waals surface area contributed by atoms with Crippen LogP contribution in [-0.2, 0) is 12.8 Å². The van der Waals surface area contributed by atoms with E-state index in [9.17, 15) is 0 Å². The fraction of sp³-hybridized carbons (Fsp3) is 0.647. The molecule has 0 saturated heterocycles. The summed E-state index contributed by atoms with van der Waals surface area (Å²) in [5.41, 5.74) is 2.84. The Balaban J connectivity index is 1.83. The van der Waals surface area contributed by atoms with Crippen molar-refractivity contribution in [3.05, 3.63) is 29.3 Å². The van der Waals surface area contributed by atoms with Crippen molar-refractivity contribution < 1.29 is 4.74 Å². The molecule has 1 aliphatic heterocycles. The molecule has 0 saturated carbocycles. The second kappa shape index (κ2) is 6.82. The zero-order chi connectivity index (χ0) is 12.8. The Hall–Kier alpha value is -0.980. The third kappa shape index (κ3) is 3.76. The molecule has 1 nitrogen and oxygen atoms in total. The molecule has 0 N–H and O–H groups in total. The minimum Gasteiger partial charge on any atom is -0.493 e. The van der Waals surface area contributed by atoms with E-state index >= 15 is 0 Å². The average Bonchev–Trinajstić information content (AvgIpc) is 2.38. The maximum atomic E-state index is 5.82. The van der Waals surface area contributed by atoms with Crippen LogP contribution in [0.3, 0.4) is 0 Å². The van der Waals surface area contributed by atoms with E-state index in [4.69, 9.17) is 4.74 Å². The van der Waals surface area contributed by atoms with E-state index in [2.05, 4.69) is 32.0 Å². The standard InChI is InChI=1S/C17H26O/c1-3-4-5-6-7-8-15-9-10-16-11-14(2)13-18-17(16)12-15/h9-10,12,14H,3-8,11,13H2,1-2H3. The first-order valence-electron chi connectivity index (χ1n) is 7.54. The first kappa shape index (κ1) is 13.5. The topological polar surface area (TPSA) is 9.23 Å². The Morgan fingerprint density at radius 2 is 2.00 bits per heavy atom. The SMILES string of the molecule is CCCCCCCc1ccc2c(c1)OCC(C)C2. The lowest BCUT2D eigenvalue weighted by Crippen LogP contribution is -2.18. The number of unbranched alkanes of at least 4 members (excludes halogenated alkanes) is 4. The summed E-state index contributed by atoms with van der Waals surface area (Å²) in [7, 11) is 0. The van der Waals surface area contributed by atoms with Gasteiger partial charge < -0.3 is 4.74 Å². The molecule has 1 aromatic rings. The lowest BCUT2D eigenvalue weighted by Gasteiger charge is -2.23. The van der Waals surface area contributed by atoms with E-state index in [0.717, 1.165) is 12.4 Å². The number of ether oxygens (including phenoxy) is 1.